The van der Waals surface area contributed by atoms with Crippen molar-refractivity contribution in [1.29, 1.82) is 0 Å². The Kier molecular flexibility index (Phi) is 5.36. The molecule has 0 amide bonds. The van der Waals surface area contributed by atoms with Crippen LogP contribution in [0.2, 0.25) is 0 Å². The molecule has 0 radical (unpaired) electrons. The van der Waals surface area contributed by atoms with Gasteiger partial charge in [-0.3, -0.25) is 14.9 Å². The number of nitrogens with one attached hydrogen (secondary N) is 2. The summed E-state index contributed by atoms with van der Waals surface area (Å²) in [5.41, 5.74) is 0.0617. The standard InChI is InChI=1S/C18H24N2O5/c1-18(17(22)23)8-7-15(20-18)25-16(21)14-9-13(10-19-14)24-11-12-5-3-2-4-6-12/h2-6,13-15,19-20H,7-11H2,1H3,(H,22,23)/t13-,14+,15?,18?/m1/s1. The van der Waals surface area contributed by atoms with Gasteiger partial charge < -0.3 is 19.9 Å². The summed E-state index contributed by atoms with van der Waals surface area (Å²) >= 11 is 0. The highest BCUT2D eigenvalue weighted by molar-refractivity contribution is 5.79. The van der Waals surface area contributed by atoms with Crippen LogP contribution in [0.5, 0.6) is 0 Å². The number of carbonyl (C=O) groups excluding carboxylic acids is 1. The number of carboxylic acid groups (broad SMARTS) is 1. The van der Waals surface area contributed by atoms with E-state index in [1.807, 2.05) is 30.3 Å². The highest BCUT2D eigenvalue weighted by Crippen LogP contribution is 2.25. The number of hydrogen-bond acceptors (Lipinski definition) is 6. The van der Waals surface area contributed by atoms with Crippen molar-refractivity contribution in [2.24, 2.45) is 0 Å². The van der Waals surface area contributed by atoms with Crippen molar-refractivity contribution in [2.45, 2.75) is 56.7 Å². The fourth-order valence-corrected chi connectivity index (χ4v) is 3.20. The number of rotatable bonds is 6. The Hall–Kier alpha value is -1.96. The van der Waals surface area contributed by atoms with Crippen LogP contribution in [0.1, 0.15) is 31.7 Å². The van der Waals surface area contributed by atoms with Gasteiger partial charge in [0.25, 0.3) is 0 Å². The van der Waals surface area contributed by atoms with E-state index in [4.69, 9.17) is 9.47 Å². The van der Waals surface area contributed by atoms with Crippen LogP contribution in [-0.4, -0.2) is 47.5 Å². The Balaban J connectivity index is 1.43. The Morgan fingerprint density at radius 3 is 2.76 bits per heavy atom. The lowest BCUT2D eigenvalue weighted by Crippen LogP contribution is -2.49. The van der Waals surface area contributed by atoms with Gasteiger partial charge >= 0.3 is 11.9 Å². The van der Waals surface area contributed by atoms with E-state index in [9.17, 15) is 14.7 Å². The molecule has 2 fully saturated rings. The van der Waals surface area contributed by atoms with Gasteiger partial charge in [-0.15, -0.1) is 0 Å². The Morgan fingerprint density at radius 2 is 2.08 bits per heavy atom. The van der Waals surface area contributed by atoms with Crippen LogP contribution in [0.3, 0.4) is 0 Å². The van der Waals surface area contributed by atoms with Crippen LogP contribution in [0.25, 0.3) is 0 Å². The lowest BCUT2D eigenvalue weighted by atomic mass is 10.0. The quantitative estimate of drug-likeness (QED) is 0.661. The third-order valence-corrected chi connectivity index (χ3v) is 4.82. The van der Waals surface area contributed by atoms with E-state index in [1.165, 1.54) is 0 Å². The number of benzene rings is 1. The molecule has 7 heteroatoms. The Bertz CT molecular complexity index is 623. The van der Waals surface area contributed by atoms with E-state index in [2.05, 4.69) is 10.6 Å². The molecule has 0 aromatic heterocycles. The fraction of sp³-hybridized carbons (Fsp3) is 0.556. The van der Waals surface area contributed by atoms with E-state index in [-0.39, 0.29) is 12.1 Å². The zero-order valence-corrected chi connectivity index (χ0v) is 14.2. The molecule has 4 atom stereocenters. The average molecular weight is 348 g/mol. The number of aliphatic carboxylic acids is 1. The predicted octanol–water partition coefficient (Wildman–Crippen LogP) is 1.03. The van der Waals surface area contributed by atoms with Crippen LogP contribution in [0, 0.1) is 0 Å². The molecule has 2 heterocycles. The zero-order chi connectivity index (χ0) is 17.9. The van der Waals surface area contributed by atoms with Crippen molar-refractivity contribution in [3.8, 4) is 0 Å². The third-order valence-electron chi connectivity index (χ3n) is 4.82. The van der Waals surface area contributed by atoms with Crippen LogP contribution >= 0.6 is 0 Å². The van der Waals surface area contributed by atoms with Gasteiger partial charge in [0, 0.05) is 19.4 Å². The molecule has 1 aromatic carbocycles. The number of carbonyl (C=O) groups is 2. The van der Waals surface area contributed by atoms with Gasteiger partial charge in [-0.05, 0) is 18.9 Å². The molecule has 3 rings (SSSR count). The number of ether oxygens (including phenoxy) is 2. The van der Waals surface area contributed by atoms with Crippen LogP contribution in [0.4, 0.5) is 0 Å². The number of carboxylic acids is 1. The second-order valence-electron chi connectivity index (χ2n) is 6.86. The minimum absolute atomic E-state index is 0.0430. The van der Waals surface area contributed by atoms with Gasteiger partial charge in [0.2, 0.25) is 0 Å². The first-order valence-electron chi connectivity index (χ1n) is 8.57. The van der Waals surface area contributed by atoms with Gasteiger partial charge in [-0.1, -0.05) is 30.3 Å². The first-order chi connectivity index (χ1) is 12.0. The summed E-state index contributed by atoms with van der Waals surface area (Å²) in [4.78, 5) is 23.5. The van der Waals surface area contributed by atoms with E-state index < -0.39 is 23.8 Å². The molecular formula is C18H24N2O5. The topological polar surface area (TPSA) is 96.9 Å². The van der Waals surface area contributed by atoms with Crippen LogP contribution in [0.15, 0.2) is 30.3 Å². The lowest BCUT2D eigenvalue weighted by molar-refractivity contribution is -0.154. The maximum Gasteiger partial charge on any atom is 0.324 e. The van der Waals surface area contributed by atoms with Gasteiger partial charge in [-0.25, -0.2) is 0 Å². The molecule has 0 aliphatic carbocycles. The summed E-state index contributed by atoms with van der Waals surface area (Å²) < 4.78 is 11.3. The summed E-state index contributed by atoms with van der Waals surface area (Å²) in [7, 11) is 0. The van der Waals surface area contributed by atoms with Crippen molar-refractivity contribution in [2.75, 3.05) is 6.54 Å². The van der Waals surface area contributed by atoms with Crippen molar-refractivity contribution in [3.05, 3.63) is 35.9 Å². The van der Waals surface area contributed by atoms with Crippen molar-refractivity contribution >= 4 is 11.9 Å². The van der Waals surface area contributed by atoms with Crippen LogP contribution in [-0.2, 0) is 25.7 Å². The second kappa shape index (κ2) is 7.51. The SMILES string of the molecule is CC1(C(=O)O)CCC(OC(=O)[C@@H]2C[C@@H](OCc3ccccc3)CN2)N1. The molecule has 2 aliphatic heterocycles. The van der Waals surface area contributed by atoms with Crippen molar-refractivity contribution in [3.63, 3.8) is 0 Å². The normalized spacial score (nSPS) is 31.8. The van der Waals surface area contributed by atoms with Crippen molar-refractivity contribution in [1.82, 2.24) is 10.6 Å². The maximum absolute atomic E-state index is 12.3. The lowest BCUT2D eigenvalue weighted by Gasteiger charge is -2.21. The molecule has 2 unspecified atom stereocenters. The smallest absolute Gasteiger partial charge is 0.324 e. The van der Waals surface area contributed by atoms with E-state index >= 15 is 0 Å². The van der Waals surface area contributed by atoms with Gasteiger partial charge in [0.15, 0.2) is 6.23 Å². The molecule has 0 spiro atoms. The summed E-state index contributed by atoms with van der Waals surface area (Å²) in [5, 5.41) is 15.2. The highest BCUT2D eigenvalue weighted by Gasteiger charge is 2.43. The van der Waals surface area contributed by atoms with E-state index in [0.29, 0.717) is 32.4 Å². The summed E-state index contributed by atoms with van der Waals surface area (Å²) in [6, 6.07) is 9.47. The number of hydrogen-bond donors (Lipinski definition) is 3. The average Bonchev–Trinajstić information content (AvgIpc) is 3.22. The first kappa shape index (κ1) is 17.8. The summed E-state index contributed by atoms with van der Waals surface area (Å²) in [5.74, 6) is -1.29. The monoisotopic (exact) mass is 348 g/mol. The van der Waals surface area contributed by atoms with Crippen molar-refractivity contribution < 1.29 is 24.2 Å². The van der Waals surface area contributed by atoms with Gasteiger partial charge in [-0.2, -0.15) is 0 Å². The maximum atomic E-state index is 12.3. The molecule has 25 heavy (non-hydrogen) atoms. The predicted molar refractivity (Wildman–Crippen MR) is 89.7 cm³/mol. The number of esters is 1. The van der Waals surface area contributed by atoms with E-state index in [1.54, 1.807) is 6.92 Å². The highest BCUT2D eigenvalue weighted by atomic mass is 16.6. The van der Waals surface area contributed by atoms with Crippen LogP contribution < -0.4 is 10.6 Å². The largest absolute Gasteiger partial charge is 0.480 e. The first-order valence-corrected chi connectivity index (χ1v) is 8.57. The minimum Gasteiger partial charge on any atom is -0.480 e. The third kappa shape index (κ3) is 4.36. The summed E-state index contributed by atoms with van der Waals surface area (Å²) in [6.45, 7) is 2.71. The van der Waals surface area contributed by atoms with Gasteiger partial charge in [0.1, 0.15) is 11.6 Å². The molecule has 1 aromatic rings. The van der Waals surface area contributed by atoms with Gasteiger partial charge in [0.05, 0.1) is 12.7 Å². The summed E-state index contributed by atoms with van der Waals surface area (Å²) in [6.07, 6.45) is 0.878. The molecule has 2 aliphatic rings. The molecule has 7 nitrogen and oxygen atoms in total. The molecule has 0 bridgehead atoms. The molecular weight excluding hydrogens is 324 g/mol. The molecule has 3 N–H and O–H groups in total. The fourth-order valence-electron chi connectivity index (χ4n) is 3.20. The molecule has 0 saturated carbocycles. The Morgan fingerprint density at radius 1 is 1.32 bits per heavy atom. The zero-order valence-electron chi connectivity index (χ0n) is 14.2. The second-order valence-corrected chi connectivity index (χ2v) is 6.86. The molecule has 136 valence electrons. The molecule has 2 saturated heterocycles. The minimum atomic E-state index is -1.03. The Labute approximate surface area is 146 Å². The van der Waals surface area contributed by atoms with E-state index in [0.717, 1.165) is 5.56 Å².